The first-order valence-corrected chi connectivity index (χ1v) is 18.2. The second kappa shape index (κ2) is 14.1. The van der Waals surface area contributed by atoms with E-state index < -0.39 is 0 Å². The quantitative estimate of drug-likeness (QED) is 0.112. The fraction of sp³-hybridized carbons (Fsp3) is 0.102. The Balaban J connectivity index is 1.52. The van der Waals surface area contributed by atoms with Gasteiger partial charge in [0, 0.05) is 44.8 Å². The van der Waals surface area contributed by atoms with E-state index in [2.05, 4.69) is 140 Å². The van der Waals surface area contributed by atoms with E-state index in [0.29, 0.717) is 10.9 Å². The fourth-order valence-electron chi connectivity index (χ4n) is 8.03. The molecule has 2 heterocycles. The summed E-state index contributed by atoms with van der Waals surface area (Å²) in [5, 5.41) is 1.17. The number of hydrogen-bond acceptors (Lipinski definition) is 0. The van der Waals surface area contributed by atoms with Crippen LogP contribution in [0, 0.1) is 26.0 Å². The predicted molar refractivity (Wildman–Crippen MR) is 228 cm³/mol. The van der Waals surface area contributed by atoms with Gasteiger partial charge in [-0.05, 0) is 109 Å². The van der Waals surface area contributed by atoms with Gasteiger partial charge in [-0.1, -0.05) is 127 Å². The van der Waals surface area contributed by atoms with Crippen molar-refractivity contribution in [1.29, 1.82) is 0 Å². The van der Waals surface area contributed by atoms with Gasteiger partial charge in [0.2, 0.25) is 0 Å². The molecule has 0 spiro atoms. The van der Waals surface area contributed by atoms with Crippen LogP contribution >= 0.6 is 0 Å². The minimum absolute atomic E-state index is 0.616. The molecule has 0 unspecified atom stereocenters. The molecule has 0 saturated carbocycles. The van der Waals surface area contributed by atoms with Crippen molar-refractivity contribution in [3.05, 3.63) is 174 Å². The van der Waals surface area contributed by atoms with Gasteiger partial charge < -0.3 is 9.13 Å². The highest BCUT2D eigenvalue weighted by Crippen LogP contribution is 2.43. The standard InChI is InChI=1S/C49H38B2N2/c1-5-7-27-41-33(4)32(3)40(19-6-2)52(41)37-29-30-43-39(31-37)38-26-17-18-28-42(38)53(43)49-45(35-22-13-9-14-23-35)47(50)44(34-20-11-8-12-21-34)48(51)46(49)36-24-15-10-16-25-36/h5-15,17,19-24,26-27,29-31H,1,18,28H2,2-4H3/b19-6-,27-7-. The lowest BCUT2D eigenvalue weighted by molar-refractivity contribution is 0.891. The lowest BCUT2D eigenvalue weighted by Gasteiger charge is -2.28. The van der Waals surface area contributed by atoms with Gasteiger partial charge in [-0.3, -0.25) is 0 Å². The molecule has 1 aliphatic carbocycles. The third kappa shape index (κ3) is 5.65. The van der Waals surface area contributed by atoms with E-state index >= 15 is 0 Å². The van der Waals surface area contributed by atoms with Crippen molar-refractivity contribution >= 4 is 55.7 Å². The van der Waals surface area contributed by atoms with Crippen LogP contribution in [0.4, 0.5) is 0 Å². The summed E-state index contributed by atoms with van der Waals surface area (Å²) < 4.78 is 4.79. The van der Waals surface area contributed by atoms with Crippen LogP contribution in [0.25, 0.3) is 73.9 Å². The molecule has 0 N–H and O–H groups in total. The van der Waals surface area contributed by atoms with Crippen molar-refractivity contribution in [2.24, 2.45) is 0 Å². The van der Waals surface area contributed by atoms with E-state index in [9.17, 15) is 0 Å². The van der Waals surface area contributed by atoms with Gasteiger partial charge in [0.15, 0.2) is 0 Å². The molecule has 0 amide bonds. The Kier molecular flexibility index (Phi) is 9.03. The van der Waals surface area contributed by atoms with E-state index in [0.717, 1.165) is 68.8 Å². The molecule has 2 nitrogen and oxygen atoms in total. The van der Waals surface area contributed by atoms with Gasteiger partial charge in [0.1, 0.15) is 15.7 Å². The van der Waals surface area contributed by atoms with Gasteiger partial charge in [-0.15, -0.1) is 0 Å². The number of aromatic nitrogens is 2. The molecular weight excluding hydrogens is 638 g/mol. The molecule has 1 aliphatic rings. The zero-order chi connectivity index (χ0) is 36.6. The van der Waals surface area contributed by atoms with Crippen LogP contribution in [0.5, 0.6) is 0 Å². The molecule has 250 valence electrons. The van der Waals surface area contributed by atoms with E-state index in [1.807, 2.05) is 48.6 Å². The second-order valence-corrected chi connectivity index (χ2v) is 13.5. The average Bonchev–Trinajstić information content (AvgIpc) is 3.64. The maximum Gasteiger partial charge on any atom is 0.115 e. The molecule has 0 fully saturated rings. The lowest BCUT2D eigenvalue weighted by atomic mass is 9.70. The predicted octanol–water partition coefficient (Wildman–Crippen LogP) is 10.4. The third-order valence-corrected chi connectivity index (χ3v) is 10.5. The van der Waals surface area contributed by atoms with Gasteiger partial charge in [0.05, 0.1) is 11.2 Å². The molecule has 0 saturated heterocycles. The Hall–Kier alpha value is -6.17. The summed E-state index contributed by atoms with van der Waals surface area (Å²) in [5.74, 6) is 0. The Morgan fingerprint density at radius 1 is 0.755 bits per heavy atom. The van der Waals surface area contributed by atoms with E-state index in [1.165, 1.54) is 33.5 Å². The van der Waals surface area contributed by atoms with Gasteiger partial charge in [-0.2, -0.15) is 0 Å². The van der Waals surface area contributed by atoms with Crippen LogP contribution in [0.2, 0.25) is 0 Å². The van der Waals surface area contributed by atoms with Crippen molar-refractivity contribution in [3.8, 4) is 44.8 Å². The Bertz CT molecular complexity index is 2530. The van der Waals surface area contributed by atoms with Crippen LogP contribution < -0.4 is 10.9 Å². The van der Waals surface area contributed by atoms with Crippen molar-refractivity contribution in [2.75, 3.05) is 0 Å². The molecule has 0 atom stereocenters. The van der Waals surface area contributed by atoms with Crippen molar-refractivity contribution in [3.63, 3.8) is 0 Å². The highest BCUT2D eigenvalue weighted by atomic mass is 15.0. The largest absolute Gasteiger partial charge is 0.312 e. The third-order valence-electron chi connectivity index (χ3n) is 10.5. The molecule has 5 aromatic carbocycles. The number of nitrogens with zero attached hydrogens (tertiary/aromatic N) is 2. The highest BCUT2D eigenvalue weighted by Gasteiger charge is 2.28. The molecule has 8 rings (SSSR count). The first kappa shape index (κ1) is 33.9. The zero-order valence-electron chi connectivity index (χ0n) is 30.4. The molecule has 53 heavy (non-hydrogen) atoms. The minimum Gasteiger partial charge on any atom is -0.312 e. The molecule has 4 heteroatoms. The van der Waals surface area contributed by atoms with Crippen LogP contribution in [0.3, 0.4) is 0 Å². The molecular formula is C49H38B2N2. The zero-order valence-corrected chi connectivity index (χ0v) is 30.4. The van der Waals surface area contributed by atoms with Crippen LogP contribution in [0.15, 0.2) is 128 Å². The number of benzene rings is 4. The summed E-state index contributed by atoms with van der Waals surface area (Å²) in [6.45, 7) is 10.4. The monoisotopic (exact) mass is 676 g/mol. The van der Waals surface area contributed by atoms with Gasteiger partial charge >= 0.3 is 0 Å². The van der Waals surface area contributed by atoms with Crippen LogP contribution in [-0.2, 0) is 6.42 Å². The first-order valence-electron chi connectivity index (χ1n) is 18.2. The summed E-state index contributed by atoms with van der Waals surface area (Å²) in [4.78, 5) is 0. The summed E-state index contributed by atoms with van der Waals surface area (Å²) in [5.41, 5.74) is 17.1. The van der Waals surface area contributed by atoms with E-state index in [-0.39, 0.29) is 0 Å². The summed E-state index contributed by atoms with van der Waals surface area (Å²) >= 11 is 0. The van der Waals surface area contributed by atoms with Crippen LogP contribution in [-0.4, -0.2) is 24.8 Å². The minimum atomic E-state index is 0.616. The van der Waals surface area contributed by atoms with Gasteiger partial charge in [-0.25, -0.2) is 0 Å². The van der Waals surface area contributed by atoms with E-state index in [4.69, 9.17) is 15.7 Å². The normalized spacial score (nSPS) is 12.5. The number of rotatable bonds is 8. The summed E-state index contributed by atoms with van der Waals surface area (Å²) in [6.07, 6.45) is 16.7. The van der Waals surface area contributed by atoms with Gasteiger partial charge in [0.25, 0.3) is 0 Å². The Labute approximate surface area is 316 Å². The number of hydrogen-bond donors (Lipinski definition) is 0. The SMILES string of the molecule is [B]c1c(-c2ccccc2)c([B])c(-c2ccccc2)c(-n2c3c(c4cc(-n5c(/C=C\C)c(C)c(C)c5/C=C\C=C)ccc42)C=CCC3)c1-c1c#cccc1. The van der Waals surface area contributed by atoms with Crippen molar-refractivity contribution in [1.82, 2.24) is 9.13 Å². The molecule has 2 aromatic heterocycles. The number of fused-ring (bicyclic) bond motifs is 3. The highest BCUT2D eigenvalue weighted by molar-refractivity contribution is 6.49. The summed E-state index contributed by atoms with van der Waals surface area (Å²) in [7, 11) is 14.8. The number of allylic oxidation sites excluding steroid dienone is 4. The summed E-state index contributed by atoms with van der Waals surface area (Å²) in [6, 6.07) is 40.1. The Morgan fingerprint density at radius 2 is 1.43 bits per heavy atom. The maximum absolute atomic E-state index is 7.39. The fourth-order valence-corrected chi connectivity index (χ4v) is 8.03. The van der Waals surface area contributed by atoms with E-state index in [1.54, 1.807) is 0 Å². The molecule has 0 aliphatic heterocycles. The van der Waals surface area contributed by atoms with Crippen molar-refractivity contribution in [2.45, 2.75) is 33.6 Å². The molecule has 7 aromatic rings. The molecule has 4 radical (unpaired) electrons. The molecule has 0 bridgehead atoms. The van der Waals surface area contributed by atoms with Crippen molar-refractivity contribution < 1.29 is 0 Å². The topological polar surface area (TPSA) is 9.86 Å². The van der Waals surface area contributed by atoms with Crippen LogP contribution in [0.1, 0.15) is 47.1 Å². The second-order valence-electron chi connectivity index (χ2n) is 13.5. The lowest BCUT2D eigenvalue weighted by Crippen LogP contribution is -2.27. The first-order chi connectivity index (χ1) is 25.9. The smallest absolute Gasteiger partial charge is 0.115 e. The average molecular weight is 676 g/mol. The maximum atomic E-state index is 7.39. The Morgan fingerprint density at radius 3 is 2.09 bits per heavy atom.